The van der Waals surface area contributed by atoms with Crippen LogP contribution in [0.1, 0.15) is 19.5 Å². The Morgan fingerprint density at radius 1 is 1.54 bits per heavy atom. The molecule has 3 nitrogen and oxygen atoms in total. The van der Waals surface area contributed by atoms with Crippen molar-refractivity contribution in [3.63, 3.8) is 0 Å². The Morgan fingerprint density at radius 2 is 2.15 bits per heavy atom. The molecule has 0 saturated carbocycles. The Hall–Kier alpha value is -0.480. The van der Waals surface area contributed by atoms with Crippen molar-refractivity contribution in [2.45, 2.75) is 37.2 Å². The topological polar surface area (TPSA) is 38.0 Å². The van der Waals surface area contributed by atoms with E-state index in [1.165, 1.54) is 0 Å². The molecule has 1 rings (SSSR count). The number of hydrogen-bond acceptors (Lipinski definition) is 3. The highest BCUT2D eigenvalue weighted by Crippen LogP contribution is 2.25. The second-order valence-electron chi connectivity index (χ2n) is 3.31. The summed E-state index contributed by atoms with van der Waals surface area (Å²) in [6.45, 7) is 5.79. The van der Waals surface area contributed by atoms with Crippen molar-refractivity contribution in [2.75, 3.05) is 0 Å². The maximum absolute atomic E-state index is 9.33. The largest absolute Gasteiger partial charge is 0.392 e. The van der Waals surface area contributed by atoms with Crippen molar-refractivity contribution in [3.05, 3.63) is 11.8 Å². The second kappa shape index (κ2) is 4.15. The van der Waals surface area contributed by atoms with Crippen LogP contribution in [0.5, 0.6) is 0 Å². The standard InChI is InChI=1S/C9H16N2OS/c1-6-5-9(11(4)10-6)13-8(3)7(2)12/h5,7-8,12H,1-4H3. The van der Waals surface area contributed by atoms with E-state index in [1.54, 1.807) is 18.7 Å². The third-order valence-electron chi connectivity index (χ3n) is 1.95. The summed E-state index contributed by atoms with van der Waals surface area (Å²) in [5.74, 6) is 0. The third kappa shape index (κ3) is 2.74. The summed E-state index contributed by atoms with van der Waals surface area (Å²) in [6.07, 6.45) is -0.291. The summed E-state index contributed by atoms with van der Waals surface area (Å²) in [6, 6.07) is 2.03. The lowest BCUT2D eigenvalue weighted by Gasteiger charge is -2.13. The number of aliphatic hydroxyl groups is 1. The summed E-state index contributed by atoms with van der Waals surface area (Å²) in [4.78, 5) is 0. The lowest BCUT2D eigenvalue weighted by atomic mass is 10.3. The lowest BCUT2D eigenvalue weighted by molar-refractivity contribution is 0.196. The first-order valence-electron chi connectivity index (χ1n) is 4.36. The van der Waals surface area contributed by atoms with Crippen LogP contribution in [-0.2, 0) is 7.05 Å². The molecule has 0 aromatic carbocycles. The van der Waals surface area contributed by atoms with E-state index in [2.05, 4.69) is 5.10 Å². The van der Waals surface area contributed by atoms with Gasteiger partial charge in [-0.3, -0.25) is 4.68 Å². The molecule has 13 heavy (non-hydrogen) atoms. The number of aryl methyl sites for hydroxylation is 2. The first kappa shape index (κ1) is 10.6. The second-order valence-corrected chi connectivity index (χ2v) is 4.71. The minimum absolute atomic E-state index is 0.204. The third-order valence-corrected chi connectivity index (χ3v) is 3.33. The first-order valence-corrected chi connectivity index (χ1v) is 5.24. The number of thioether (sulfide) groups is 1. The Kier molecular flexibility index (Phi) is 3.39. The van der Waals surface area contributed by atoms with Gasteiger partial charge < -0.3 is 5.11 Å². The molecule has 0 radical (unpaired) electrons. The Balaban J connectivity index is 2.68. The van der Waals surface area contributed by atoms with Crippen LogP contribution >= 0.6 is 11.8 Å². The number of rotatable bonds is 3. The van der Waals surface area contributed by atoms with Crippen molar-refractivity contribution in [1.29, 1.82) is 0 Å². The van der Waals surface area contributed by atoms with E-state index in [0.29, 0.717) is 0 Å². The molecule has 0 aliphatic carbocycles. The average molecular weight is 200 g/mol. The summed E-state index contributed by atoms with van der Waals surface area (Å²) >= 11 is 1.65. The van der Waals surface area contributed by atoms with Crippen LogP contribution in [0.15, 0.2) is 11.1 Å². The highest BCUT2D eigenvalue weighted by Gasteiger charge is 2.12. The highest BCUT2D eigenvalue weighted by molar-refractivity contribution is 7.99. The van der Waals surface area contributed by atoms with E-state index >= 15 is 0 Å². The molecular formula is C9H16N2OS. The molecule has 1 heterocycles. The van der Waals surface area contributed by atoms with Crippen LogP contribution in [0.2, 0.25) is 0 Å². The lowest BCUT2D eigenvalue weighted by Crippen LogP contribution is -2.15. The Bertz CT molecular complexity index is 283. The SMILES string of the molecule is Cc1cc(SC(C)C(C)O)n(C)n1. The molecule has 1 N–H and O–H groups in total. The molecule has 2 unspecified atom stereocenters. The fraction of sp³-hybridized carbons (Fsp3) is 0.667. The Morgan fingerprint density at radius 3 is 2.54 bits per heavy atom. The van der Waals surface area contributed by atoms with Gasteiger partial charge in [0.1, 0.15) is 0 Å². The molecule has 74 valence electrons. The van der Waals surface area contributed by atoms with Crippen LogP contribution in [0.3, 0.4) is 0 Å². The van der Waals surface area contributed by atoms with Crippen molar-refractivity contribution >= 4 is 11.8 Å². The number of aromatic nitrogens is 2. The van der Waals surface area contributed by atoms with Crippen molar-refractivity contribution in [1.82, 2.24) is 9.78 Å². The molecule has 1 aromatic heterocycles. The van der Waals surface area contributed by atoms with Gasteiger partial charge in [0.15, 0.2) is 0 Å². The van der Waals surface area contributed by atoms with Crippen molar-refractivity contribution in [2.24, 2.45) is 7.05 Å². The quantitative estimate of drug-likeness (QED) is 0.753. The van der Waals surface area contributed by atoms with Gasteiger partial charge in [-0.15, -0.1) is 11.8 Å². The smallest absolute Gasteiger partial charge is 0.0942 e. The predicted molar refractivity (Wildman–Crippen MR) is 54.9 cm³/mol. The van der Waals surface area contributed by atoms with E-state index in [1.807, 2.05) is 31.6 Å². The van der Waals surface area contributed by atoms with E-state index in [-0.39, 0.29) is 11.4 Å². The zero-order valence-electron chi connectivity index (χ0n) is 8.48. The summed E-state index contributed by atoms with van der Waals surface area (Å²) < 4.78 is 1.85. The molecule has 0 aliphatic heterocycles. The van der Waals surface area contributed by atoms with Crippen LogP contribution in [0.25, 0.3) is 0 Å². The molecule has 0 spiro atoms. The monoisotopic (exact) mass is 200 g/mol. The highest BCUT2D eigenvalue weighted by atomic mass is 32.2. The van der Waals surface area contributed by atoms with Gasteiger partial charge in [0.05, 0.1) is 16.8 Å². The van der Waals surface area contributed by atoms with Crippen LogP contribution in [0, 0.1) is 6.92 Å². The van der Waals surface area contributed by atoms with Gasteiger partial charge >= 0.3 is 0 Å². The van der Waals surface area contributed by atoms with Gasteiger partial charge in [-0.05, 0) is 19.9 Å². The predicted octanol–water partition coefficient (Wildman–Crippen LogP) is 1.59. The minimum Gasteiger partial charge on any atom is -0.392 e. The van der Waals surface area contributed by atoms with Gasteiger partial charge in [0, 0.05) is 12.3 Å². The van der Waals surface area contributed by atoms with Gasteiger partial charge in [-0.25, -0.2) is 0 Å². The Labute approximate surface area is 83.1 Å². The van der Waals surface area contributed by atoms with Gasteiger partial charge in [-0.1, -0.05) is 6.92 Å². The molecule has 0 fully saturated rings. The van der Waals surface area contributed by atoms with Crippen LogP contribution in [0.4, 0.5) is 0 Å². The van der Waals surface area contributed by atoms with Gasteiger partial charge in [-0.2, -0.15) is 5.10 Å². The zero-order valence-corrected chi connectivity index (χ0v) is 9.30. The van der Waals surface area contributed by atoms with E-state index in [0.717, 1.165) is 10.7 Å². The molecule has 0 aliphatic rings. The maximum Gasteiger partial charge on any atom is 0.0942 e. The van der Waals surface area contributed by atoms with Crippen molar-refractivity contribution in [3.8, 4) is 0 Å². The van der Waals surface area contributed by atoms with Crippen molar-refractivity contribution < 1.29 is 5.11 Å². The minimum atomic E-state index is -0.291. The van der Waals surface area contributed by atoms with Crippen LogP contribution in [-0.4, -0.2) is 26.2 Å². The molecule has 0 amide bonds. The molecule has 2 atom stereocenters. The summed E-state index contributed by atoms with van der Waals surface area (Å²) in [5, 5.41) is 14.9. The molecule has 1 aromatic rings. The van der Waals surface area contributed by atoms with E-state index in [4.69, 9.17) is 0 Å². The van der Waals surface area contributed by atoms with Crippen LogP contribution < -0.4 is 0 Å². The zero-order chi connectivity index (χ0) is 10.0. The van der Waals surface area contributed by atoms with Gasteiger partial charge in [0.25, 0.3) is 0 Å². The molecule has 4 heteroatoms. The van der Waals surface area contributed by atoms with E-state index in [9.17, 15) is 5.11 Å². The average Bonchev–Trinajstić information content (AvgIpc) is 2.30. The molecule has 0 bridgehead atoms. The van der Waals surface area contributed by atoms with E-state index < -0.39 is 0 Å². The van der Waals surface area contributed by atoms with Gasteiger partial charge in [0.2, 0.25) is 0 Å². The maximum atomic E-state index is 9.33. The number of aliphatic hydroxyl groups excluding tert-OH is 1. The number of hydrogen-bond donors (Lipinski definition) is 1. The number of nitrogens with zero attached hydrogens (tertiary/aromatic N) is 2. The first-order chi connectivity index (χ1) is 6.00. The molecular weight excluding hydrogens is 184 g/mol. The fourth-order valence-electron chi connectivity index (χ4n) is 0.986. The summed E-state index contributed by atoms with van der Waals surface area (Å²) in [5.41, 5.74) is 1.02. The fourth-order valence-corrected chi connectivity index (χ4v) is 2.00. The summed E-state index contributed by atoms with van der Waals surface area (Å²) in [7, 11) is 1.92. The normalized spacial score (nSPS) is 15.8. The molecule has 0 saturated heterocycles.